The Morgan fingerprint density at radius 2 is 2.33 bits per heavy atom. The molecular formula is C9H16N2O. The Bertz CT molecular complexity index is 193. The van der Waals surface area contributed by atoms with Gasteiger partial charge in [0.05, 0.1) is 6.54 Å². The van der Waals surface area contributed by atoms with Crippen LogP contribution in [0.4, 0.5) is 0 Å². The van der Waals surface area contributed by atoms with Crippen molar-refractivity contribution in [3.05, 3.63) is 0 Å². The van der Waals surface area contributed by atoms with Crippen molar-refractivity contribution in [1.29, 1.82) is 0 Å². The van der Waals surface area contributed by atoms with Crippen molar-refractivity contribution in [2.24, 2.45) is 17.6 Å². The van der Waals surface area contributed by atoms with Gasteiger partial charge in [-0.2, -0.15) is 0 Å². The number of fused-ring (bicyclic) bond motifs is 1. The van der Waals surface area contributed by atoms with Crippen LogP contribution in [-0.2, 0) is 4.79 Å². The van der Waals surface area contributed by atoms with Gasteiger partial charge >= 0.3 is 0 Å². The van der Waals surface area contributed by atoms with Gasteiger partial charge in [-0.25, -0.2) is 0 Å². The molecule has 0 spiro atoms. The van der Waals surface area contributed by atoms with Crippen LogP contribution in [-0.4, -0.2) is 18.5 Å². The highest BCUT2D eigenvalue weighted by molar-refractivity contribution is 5.75. The molecular weight excluding hydrogens is 152 g/mol. The van der Waals surface area contributed by atoms with E-state index in [1.165, 1.54) is 25.7 Å². The minimum atomic E-state index is -0.238. The Balaban J connectivity index is 1.76. The highest BCUT2D eigenvalue weighted by Gasteiger charge is 2.44. The fourth-order valence-corrected chi connectivity index (χ4v) is 2.39. The van der Waals surface area contributed by atoms with Gasteiger partial charge in [0, 0.05) is 6.04 Å². The van der Waals surface area contributed by atoms with Crippen LogP contribution in [0.3, 0.4) is 0 Å². The van der Waals surface area contributed by atoms with Crippen molar-refractivity contribution in [3.8, 4) is 0 Å². The SMILES string of the molecule is NC(=O)CNC1CCC[C@H]2C[C@@H]12. The molecule has 12 heavy (non-hydrogen) atoms. The summed E-state index contributed by atoms with van der Waals surface area (Å²) in [6, 6.07) is 0.580. The lowest BCUT2D eigenvalue weighted by Gasteiger charge is -2.21. The molecule has 0 aromatic rings. The van der Waals surface area contributed by atoms with E-state index in [4.69, 9.17) is 5.73 Å². The van der Waals surface area contributed by atoms with Gasteiger partial charge in [0.2, 0.25) is 5.91 Å². The van der Waals surface area contributed by atoms with Gasteiger partial charge in [0.25, 0.3) is 0 Å². The number of amides is 1. The van der Waals surface area contributed by atoms with E-state index >= 15 is 0 Å². The van der Waals surface area contributed by atoms with Crippen LogP contribution in [0.2, 0.25) is 0 Å². The zero-order valence-electron chi connectivity index (χ0n) is 7.25. The molecule has 3 N–H and O–H groups in total. The first kappa shape index (κ1) is 8.05. The van der Waals surface area contributed by atoms with Gasteiger partial charge in [-0.1, -0.05) is 12.8 Å². The Morgan fingerprint density at radius 3 is 3.08 bits per heavy atom. The zero-order chi connectivity index (χ0) is 8.55. The first-order valence-corrected chi connectivity index (χ1v) is 4.79. The summed E-state index contributed by atoms with van der Waals surface area (Å²) in [5.74, 6) is 1.58. The summed E-state index contributed by atoms with van der Waals surface area (Å²) in [7, 11) is 0. The highest BCUT2D eigenvalue weighted by atomic mass is 16.1. The minimum absolute atomic E-state index is 0.238. The number of hydrogen-bond acceptors (Lipinski definition) is 2. The van der Waals surface area contributed by atoms with Gasteiger partial charge in [0.15, 0.2) is 0 Å². The fourth-order valence-electron chi connectivity index (χ4n) is 2.39. The quantitative estimate of drug-likeness (QED) is 0.634. The van der Waals surface area contributed by atoms with Gasteiger partial charge in [-0.3, -0.25) is 4.79 Å². The highest BCUT2D eigenvalue weighted by Crippen LogP contribution is 2.49. The van der Waals surface area contributed by atoms with Crippen molar-refractivity contribution < 1.29 is 4.79 Å². The van der Waals surface area contributed by atoms with Crippen LogP contribution in [0.1, 0.15) is 25.7 Å². The smallest absolute Gasteiger partial charge is 0.231 e. The summed E-state index contributed by atoms with van der Waals surface area (Å²) in [5, 5.41) is 3.24. The number of nitrogens with two attached hydrogens (primary N) is 1. The molecule has 3 nitrogen and oxygen atoms in total. The van der Waals surface area contributed by atoms with E-state index in [-0.39, 0.29) is 5.91 Å². The monoisotopic (exact) mass is 168 g/mol. The van der Waals surface area contributed by atoms with Crippen LogP contribution in [0, 0.1) is 11.8 Å². The second-order valence-corrected chi connectivity index (χ2v) is 4.04. The standard InChI is InChI=1S/C9H16N2O/c10-9(12)5-11-8-3-1-2-6-4-7(6)8/h6-8,11H,1-5H2,(H2,10,12)/t6-,7+,8?/m0/s1. The van der Waals surface area contributed by atoms with E-state index in [1.807, 2.05) is 0 Å². The third-order valence-corrected chi connectivity index (χ3v) is 3.12. The molecule has 2 aliphatic rings. The van der Waals surface area contributed by atoms with Crippen LogP contribution in [0.15, 0.2) is 0 Å². The average molecular weight is 168 g/mol. The second kappa shape index (κ2) is 3.05. The summed E-state index contributed by atoms with van der Waals surface area (Å²) >= 11 is 0. The number of nitrogens with one attached hydrogen (secondary N) is 1. The molecule has 0 aliphatic heterocycles. The Labute approximate surface area is 72.7 Å². The predicted octanol–water partition coefficient (Wildman–Crippen LogP) is 0.250. The molecule has 0 radical (unpaired) electrons. The van der Waals surface area contributed by atoms with Crippen molar-refractivity contribution in [3.63, 3.8) is 0 Å². The van der Waals surface area contributed by atoms with E-state index in [1.54, 1.807) is 0 Å². The molecule has 2 rings (SSSR count). The Kier molecular flexibility index (Phi) is 2.05. The summed E-state index contributed by atoms with van der Waals surface area (Å²) in [4.78, 5) is 10.5. The minimum Gasteiger partial charge on any atom is -0.369 e. The number of hydrogen-bond donors (Lipinski definition) is 2. The maximum atomic E-state index is 10.5. The Morgan fingerprint density at radius 1 is 1.50 bits per heavy atom. The molecule has 1 unspecified atom stereocenters. The number of carbonyl (C=O) groups is 1. The molecule has 0 bridgehead atoms. The third-order valence-electron chi connectivity index (χ3n) is 3.12. The predicted molar refractivity (Wildman–Crippen MR) is 46.4 cm³/mol. The summed E-state index contributed by atoms with van der Waals surface area (Å²) in [6.45, 7) is 0.355. The number of primary amides is 1. The van der Waals surface area contributed by atoms with E-state index in [0.29, 0.717) is 12.6 Å². The maximum absolute atomic E-state index is 10.5. The van der Waals surface area contributed by atoms with E-state index in [9.17, 15) is 4.79 Å². The van der Waals surface area contributed by atoms with Crippen molar-refractivity contribution in [2.45, 2.75) is 31.7 Å². The first-order chi connectivity index (χ1) is 5.77. The zero-order valence-corrected chi connectivity index (χ0v) is 7.25. The number of rotatable bonds is 3. The van der Waals surface area contributed by atoms with Crippen LogP contribution < -0.4 is 11.1 Å². The average Bonchev–Trinajstić information content (AvgIpc) is 2.78. The van der Waals surface area contributed by atoms with Crippen molar-refractivity contribution in [2.75, 3.05) is 6.54 Å². The molecule has 68 valence electrons. The van der Waals surface area contributed by atoms with Crippen LogP contribution in [0.5, 0.6) is 0 Å². The normalized spacial score (nSPS) is 38.8. The molecule has 3 heteroatoms. The lowest BCUT2D eigenvalue weighted by atomic mass is 9.95. The van der Waals surface area contributed by atoms with E-state index in [2.05, 4.69) is 5.32 Å². The molecule has 2 fully saturated rings. The molecule has 2 aliphatic carbocycles. The molecule has 0 heterocycles. The van der Waals surface area contributed by atoms with Crippen molar-refractivity contribution in [1.82, 2.24) is 5.32 Å². The largest absolute Gasteiger partial charge is 0.369 e. The molecule has 0 aromatic carbocycles. The fraction of sp³-hybridized carbons (Fsp3) is 0.889. The molecule has 0 saturated heterocycles. The lowest BCUT2D eigenvalue weighted by molar-refractivity contribution is -0.117. The molecule has 3 atom stereocenters. The van der Waals surface area contributed by atoms with Crippen LogP contribution in [0.25, 0.3) is 0 Å². The van der Waals surface area contributed by atoms with Crippen LogP contribution >= 0.6 is 0 Å². The van der Waals surface area contributed by atoms with Gasteiger partial charge in [-0.05, 0) is 24.7 Å². The van der Waals surface area contributed by atoms with Gasteiger partial charge in [0.1, 0.15) is 0 Å². The Hall–Kier alpha value is -0.570. The second-order valence-electron chi connectivity index (χ2n) is 4.04. The molecule has 0 aromatic heterocycles. The molecule has 1 amide bonds. The summed E-state index contributed by atoms with van der Waals surface area (Å²) in [6.07, 6.45) is 5.32. The lowest BCUT2D eigenvalue weighted by Crippen LogP contribution is -2.39. The first-order valence-electron chi connectivity index (χ1n) is 4.79. The maximum Gasteiger partial charge on any atom is 0.231 e. The van der Waals surface area contributed by atoms with E-state index in [0.717, 1.165) is 11.8 Å². The summed E-state index contributed by atoms with van der Waals surface area (Å²) in [5.41, 5.74) is 5.07. The van der Waals surface area contributed by atoms with Crippen molar-refractivity contribution >= 4 is 5.91 Å². The van der Waals surface area contributed by atoms with Gasteiger partial charge in [-0.15, -0.1) is 0 Å². The van der Waals surface area contributed by atoms with Gasteiger partial charge < -0.3 is 11.1 Å². The topological polar surface area (TPSA) is 55.1 Å². The molecule has 2 saturated carbocycles. The summed E-state index contributed by atoms with van der Waals surface area (Å²) < 4.78 is 0. The van der Waals surface area contributed by atoms with E-state index < -0.39 is 0 Å². The number of carbonyl (C=O) groups excluding carboxylic acids is 1. The third kappa shape index (κ3) is 1.61.